The van der Waals surface area contributed by atoms with E-state index >= 15 is 0 Å². The number of fused-ring (bicyclic) bond motifs is 6. The summed E-state index contributed by atoms with van der Waals surface area (Å²) in [6.45, 7) is 0. The van der Waals surface area contributed by atoms with E-state index in [0.29, 0.717) is 27.8 Å². The van der Waals surface area contributed by atoms with E-state index in [9.17, 15) is 15.8 Å². The number of hydrogen-bond donors (Lipinski definition) is 0. The molecule has 0 aliphatic carbocycles. The van der Waals surface area contributed by atoms with Crippen LogP contribution in [0.15, 0.2) is 152 Å². The van der Waals surface area contributed by atoms with Gasteiger partial charge >= 0.3 is 0 Å². The molecule has 7 aromatic carbocycles. The number of benzene rings is 7. The van der Waals surface area contributed by atoms with Crippen molar-refractivity contribution >= 4 is 43.6 Å². The number of nitriles is 3. The molecule has 0 saturated carbocycles. The predicted molar refractivity (Wildman–Crippen MR) is 200 cm³/mol. The molecular formula is C45H25N5. The molecule has 0 unspecified atom stereocenters. The Balaban J connectivity index is 1.28. The molecule has 5 nitrogen and oxygen atoms in total. The molecule has 0 N–H and O–H groups in total. The van der Waals surface area contributed by atoms with Crippen LogP contribution in [0.1, 0.15) is 16.7 Å². The molecule has 0 aliphatic heterocycles. The van der Waals surface area contributed by atoms with Gasteiger partial charge in [-0.3, -0.25) is 0 Å². The van der Waals surface area contributed by atoms with E-state index < -0.39 is 0 Å². The van der Waals surface area contributed by atoms with E-state index in [1.807, 2.05) is 78.9 Å². The fourth-order valence-corrected chi connectivity index (χ4v) is 7.54. The van der Waals surface area contributed by atoms with Crippen LogP contribution >= 0.6 is 0 Å². The van der Waals surface area contributed by atoms with Crippen molar-refractivity contribution in [3.05, 3.63) is 168 Å². The van der Waals surface area contributed by atoms with Crippen LogP contribution in [0.2, 0.25) is 0 Å². The van der Waals surface area contributed by atoms with Gasteiger partial charge in [0, 0.05) is 43.9 Å². The van der Waals surface area contributed by atoms with Gasteiger partial charge in [-0.1, -0.05) is 91.0 Å². The van der Waals surface area contributed by atoms with E-state index in [0.717, 1.165) is 55.3 Å². The SMILES string of the molecule is N#Cc1ccc2c(c1)c1ccccc1n2-c1cccc(C#N)c1-c1cccc(-c2cccc(-n3c4ccccc4c4ccccc43)c2)c1C#N. The largest absolute Gasteiger partial charge is 0.309 e. The summed E-state index contributed by atoms with van der Waals surface area (Å²) in [4.78, 5) is 0. The van der Waals surface area contributed by atoms with Gasteiger partial charge in [-0.25, -0.2) is 0 Å². The van der Waals surface area contributed by atoms with Crippen molar-refractivity contribution in [1.82, 2.24) is 9.13 Å². The molecule has 50 heavy (non-hydrogen) atoms. The molecule has 0 fully saturated rings. The molecule has 9 rings (SSSR count). The highest BCUT2D eigenvalue weighted by Gasteiger charge is 2.22. The Hall–Kier alpha value is -7.39. The minimum atomic E-state index is 0.467. The average molecular weight is 636 g/mol. The molecule has 0 saturated heterocycles. The van der Waals surface area contributed by atoms with Gasteiger partial charge in [-0.15, -0.1) is 0 Å². The molecule has 9 aromatic rings. The van der Waals surface area contributed by atoms with E-state index in [4.69, 9.17) is 0 Å². The zero-order chi connectivity index (χ0) is 33.8. The summed E-state index contributed by atoms with van der Waals surface area (Å²) >= 11 is 0. The third kappa shape index (κ3) is 4.24. The van der Waals surface area contributed by atoms with Crippen LogP contribution in [0.25, 0.3) is 77.2 Å². The van der Waals surface area contributed by atoms with Crippen LogP contribution in [0.4, 0.5) is 0 Å². The highest BCUT2D eigenvalue weighted by Crippen LogP contribution is 2.41. The molecule has 0 spiro atoms. The van der Waals surface area contributed by atoms with Crippen LogP contribution in [0.5, 0.6) is 0 Å². The maximum absolute atomic E-state index is 10.9. The number of nitrogens with zero attached hydrogens (tertiary/aromatic N) is 5. The van der Waals surface area contributed by atoms with Crippen molar-refractivity contribution in [3.63, 3.8) is 0 Å². The minimum Gasteiger partial charge on any atom is -0.309 e. The van der Waals surface area contributed by atoms with Gasteiger partial charge in [0.25, 0.3) is 0 Å². The standard InChI is InChI=1S/C45H25N5/c46-26-29-22-23-43-38(24-29)36-15-3-6-20-42(36)50(43)44-21-8-11-31(27-47)45(44)37-17-9-16-33(39(37)28-48)30-10-7-12-32(25-30)49-40-18-4-1-13-34(40)35-14-2-5-19-41(35)49/h1-25H. The zero-order valence-electron chi connectivity index (χ0n) is 26.7. The van der Waals surface area contributed by atoms with Crippen LogP contribution in [0, 0.1) is 34.0 Å². The summed E-state index contributed by atoms with van der Waals surface area (Å²) in [6, 6.07) is 57.6. The van der Waals surface area contributed by atoms with Gasteiger partial charge in [-0.05, 0) is 66.2 Å². The molecule has 0 atom stereocenters. The maximum atomic E-state index is 10.9. The van der Waals surface area contributed by atoms with Crippen LogP contribution in [0.3, 0.4) is 0 Å². The Morgan fingerprint density at radius 1 is 0.420 bits per heavy atom. The quantitative estimate of drug-likeness (QED) is 0.193. The lowest BCUT2D eigenvalue weighted by Gasteiger charge is -2.18. The second-order valence-corrected chi connectivity index (χ2v) is 12.3. The van der Waals surface area contributed by atoms with Crippen molar-refractivity contribution in [1.29, 1.82) is 15.8 Å². The molecule has 5 heteroatoms. The first-order chi connectivity index (χ1) is 24.7. The number of aromatic nitrogens is 2. The topological polar surface area (TPSA) is 81.2 Å². The lowest BCUT2D eigenvalue weighted by atomic mass is 9.89. The number of rotatable bonds is 4. The van der Waals surface area contributed by atoms with Crippen LogP contribution in [-0.4, -0.2) is 9.13 Å². The van der Waals surface area contributed by atoms with Gasteiger partial charge in [0.15, 0.2) is 0 Å². The lowest BCUT2D eigenvalue weighted by molar-refractivity contribution is 1.18. The third-order valence-electron chi connectivity index (χ3n) is 9.65. The first kappa shape index (κ1) is 28.8. The second-order valence-electron chi connectivity index (χ2n) is 12.3. The zero-order valence-corrected chi connectivity index (χ0v) is 26.7. The number of para-hydroxylation sites is 3. The lowest BCUT2D eigenvalue weighted by Crippen LogP contribution is -2.01. The minimum absolute atomic E-state index is 0.467. The van der Waals surface area contributed by atoms with E-state index in [-0.39, 0.29) is 0 Å². The van der Waals surface area contributed by atoms with E-state index in [1.54, 1.807) is 6.07 Å². The molecule has 2 aromatic heterocycles. The molecule has 230 valence electrons. The van der Waals surface area contributed by atoms with Crippen LogP contribution in [-0.2, 0) is 0 Å². The van der Waals surface area contributed by atoms with Gasteiger partial charge in [0.1, 0.15) is 6.07 Å². The second kappa shape index (κ2) is 11.4. The first-order valence-electron chi connectivity index (χ1n) is 16.3. The van der Waals surface area contributed by atoms with Crippen LogP contribution < -0.4 is 0 Å². The van der Waals surface area contributed by atoms with Crippen molar-refractivity contribution < 1.29 is 0 Å². The summed E-state index contributed by atoms with van der Waals surface area (Å²) in [5.74, 6) is 0. The summed E-state index contributed by atoms with van der Waals surface area (Å²) in [7, 11) is 0. The maximum Gasteiger partial charge on any atom is 0.100 e. The van der Waals surface area contributed by atoms with Gasteiger partial charge in [0.05, 0.1) is 56.6 Å². The van der Waals surface area contributed by atoms with Crippen molar-refractivity contribution in [2.75, 3.05) is 0 Å². The normalized spacial score (nSPS) is 11.1. The highest BCUT2D eigenvalue weighted by atomic mass is 15.0. The smallest absolute Gasteiger partial charge is 0.100 e. The molecule has 0 aliphatic rings. The fourth-order valence-electron chi connectivity index (χ4n) is 7.54. The highest BCUT2D eigenvalue weighted by molar-refractivity contribution is 6.11. The third-order valence-corrected chi connectivity index (χ3v) is 9.65. The number of hydrogen-bond acceptors (Lipinski definition) is 3. The monoisotopic (exact) mass is 635 g/mol. The summed E-state index contributed by atoms with van der Waals surface area (Å²) in [5, 5.41) is 35.3. The molecule has 0 radical (unpaired) electrons. The van der Waals surface area contributed by atoms with Crippen molar-refractivity contribution in [2.45, 2.75) is 0 Å². The van der Waals surface area contributed by atoms with Crippen molar-refractivity contribution in [2.24, 2.45) is 0 Å². The summed E-state index contributed by atoms with van der Waals surface area (Å²) < 4.78 is 4.41. The Labute approximate surface area is 287 Å². The van der Waals surface area contributed by atoms with Crippen molar-refractivity contribution in [3.8, 4) is 51.8 Å². The molecule has 2 heterocycles. The first-order valence-corrected chi connectivity index (χ1v) is 16.3. The Morgan fingerprint density at radius 3 is 1.70 bits per heavy atom. The van der Waals surface area contributed by atoms with E-state index in [1.165, 1.54) is 10.8 Å². The predicted octanol–water partition coefficient (Wildman–Crippen LogP) is 10.8. The Bertz CT molecular complexity index is 2920. The fraction of sp³-hybridized carbons (Fsp3) is 0. The summed E-state index contributed by atoms with van der Waals surface area (Å²) in [5.41, 5.74) is 10.4. The Morgan fingerprint density at radius 2 is 1.02 bits per heavy atom. The molecule has 0 bridgehead atoms. The van der Waals surface area contributed by atoms with Gasteiger partial charge in [0.2, 0.25) is 0 Å². The van der Waals surface area contributed by atoms with E-state index in [2.05, 4.69) is 94.1 Å². The van der Waals surface area contributed by atoms with Gasteiger partial charge < -0.3 is 9.13 Å². The Kier molecular flexibility index (Phi) is 6.56. The average Bonchev–Trinajstić information content (AvgIpc) is 3.70. The van der Waals surface area contributed by atoms with Gasteiger partial charge in [-0.2, -0.15) is 15.8 Å². The molecule has 0 amide bonds. The summed E-state index contributed by atoms with van der Waals surface area (Å²) in [6.07, 6.45) is 0. The molecular weight excluding hydrogens is 611 g/mol.